The molecule has 4 rings (SSSR count). The molecule has 2 atom stereocenters. The van der Waals surface area contributed by atoms with Crippen LogP contribution in [0.25, 0.3) is 12.2 Å². The molecule has 43 heavy (non-hydrogen) atoms. The SMILES string of the molecule is COc1ccc(/C=C2\SC(=O)N(C(CC[C@](C)(C(=O)O)N3C(=O)S/C(=C\c4ccc(OC)cc4)C3=O)C(=O)O)C2=O)cc1. The molecule has 0 saturated carbocycles. The zero-order valence-electron chi connectivity index (χ0n) is 23.1. The maximum absolute atomic E-state index is 13.3. The predicted octanol–water partition coefficient (Wildman–Crippen LogP) is 4.55. The number of thioether (sulfide) groups is 2. The highest BCUT2D eigenvalue weighted by Crippen LogP contribution is 2.40. The lowest BCUT2D eigenvalue weighted by atomic mass is 9.91. The molecular formula is C29H26N2O10S2. The van der Waals surface area contributed by atoms with Crippen molar-refractivity contribution in [1.82, 2.24) is 9.80 Å². The minimum absolute atomic E-state index is 0.0166. The highest BCUT2D eigenvalue weighted by molar-refractivity contribution is 8.18. The summed E-state index contributed by atoms with van der Waals surface area (Å²) < 4.78 is 10.2. The van der Waals surface area contributed by atoms with Gasteiger partial charge in [0, 0.05) is 0 Å². The van der Waals surface area contributed by atoms with Crippen LogP contribution in [-0.2, 0) is 19.2 Å². The summed E-state index contributed by atoms with van der Waals surface area (Å²) in [5, 5.41) is 18.4. The fraction of sp³-hybridized carbons (Fsp3) is 0.241. The van der Waals surface area contributed by atoms with E-state index in [4.69, 9.17) is 9.47 Å². The average Bonchev–Trinajstić information content (AvgIpc) is 3.41. The first-order valence-electron chi connectivity index (χ1n) is 12.7. The third-order valence-electron chi connectivity index (χ3n) is 6.90. The number of methoxy groups -OCH3 is 2. The van der Waals surface area contributed by atoms with E-state index >= 15 is 0 Å². The molecule has 0 bridgehead atoms. The molecule has 1 unspecified atom stereocenters. The number of imide groups is 2. The van der Waals surface area contributed by atoms with E-state index in [1.54, 1.807) is 48.5 Å². The number of aliphatic carboxylic acids is 2. The van der Waals surface area contributed by atoms with Gasteiger partial charge in [-0.05, 0) is 90.8 Å². The lowest BCUT2D eigenvalue weighted by molar-refractivity contribution is -0.154. The van der Waals surface area contributed by atoms with E-state index in [1.165, 1.54) is 26.4 Å². The Kier molecular flexibility index (Phi) is 9.30. The van der Waals surface area contributed by atoms with E-state index < -0.39 is 58.7 Å². The number of benzene rings is 2. The Hall–Kier alpha value is -4.56. The third kappa shape index (κ3) is 6.44. The topological polar surface area (TPSA) is 168 Å². The van der Waals surface area contributed by atoms with Gasteiger partial charge in [-0.25, -0.2) is 9.59 Å². The van der Waals surface area contributed by atoms with Gasteiger partial charge in [0.05, 0.1) is 24.0 Å². The van der Waals surface area contributed by atoms with Crippen LogP contribution in [0.1, 0.15) is 30.9 Å². The highest BCUT2D eigenvalue weighted by atomic mass is 32.2. The number of carbonyl (C=O) groups is 6. The zero-order chi connectivity index (χ0) is 31.5. The Morgan fingerprint density at radius 1 is 0.814 bits per heavy atom. The summed E-state index contributed by atoms with van der Waals surface area (Å²) in [6, 6.07) is 11.5. The number of ether oxygens (including phenoxy) is 2. The second-order valence-corrected chi connectivity index (χ2v) is 11.6. The fourth-order valence-electron chi connectivity index (χ4n) is 4.44. The van der Waals surface area contributed by atoms with Crippen LogP contribution in [0.4, 0.5) is 9.59 Å². The van der Waals surface area contributed by atoms with Gasteiger partial charge in [0.1, 0.15) is 23.1 Å². The van der Waals surface area contributed by atoms with Gasteiger partial charge in [-0.1, -0.05) is 24.3 Å². The normalized spacial score (nSPS) is 19.2. The molecule has 0 aromatic heterocycles. The minimum atomic E-state index is -2.18. The van der Waals surface area contributed by atoms with Gasteiger partial charge in [0.15, 0.2) is 0 Å². The quantitative estimate of drug-likeness (QED) is 0.334. The summed E-state index contributed by atoms with van der Waals surface area (Å²) in [5.41, 5.74) is -1.04. The van der Waals surface area contributed by atoms with Crippen molar-refractivity contribution in [2.75, 3.05) is 14.2 Å². The van der Waals surface area contributed by atoms with Crippen LogP contribution in [0.3, 0.4) is 0 Å². The van der Waals surface area contributed by atoms with Gasteiger partial charge in [0.25, 0.3) is 22.3 Å². The molecule has 2 aliphatic heterocycles. The molecule has 0 spiro atoms. The number of amides is 4. The summed E-state index contributed by atoms with van der Waals surface area (Å²) in [6.45, 7) is 1.12. The molecule has 2 aromatic rings. The molecule has 2 saturated heterocycles. The molecule has 0 radical (unpaired) electrons. The smallest absolute Gasteiger partial charge is 0.329 e. The summed E-state index contributed by atoms with van der Waals surface area (Å²) in [4.78, 5) is 77.9. The average molecular weight is 627 g/mol. The number of carbonyl (C=O) groups excluding carboxylic acids is 4. The summed E-state index contributed by atoms with van der Waals surface area (Å²) in [6.07, 6.45) is 1.78. The number of nitrogens with zero attached hydrogens (tertiary/aromatic N) is 2. The van der Waals surface area contributed by atoms with E-state index in [9.17, 15) is 39.0 Å². The van der Waals surface area contributed by atoms with Gasteiger partial charge in [-0.15, -0.1) is 0 Å². The van der Waals surface area contributed by atoms with E-state index in [0.29, 0.717) is 55.9 Å². The summed E-state index contributed by atoms with van der Waals surface area (Å²) in [7, 11) is 2.99. The Morgan fingerprint density at radius 3 is 1.72 bits per heavy atom. The predicted molar refractivity (Wildman–Crippen MR) is 158 cm³/mol. The molecule has 14 heteroatoms. The van der Waals surface area contributed by atoms with Crippen molar-refractivity contribution < 1.29 is 48.5 Å². The molecule has 4 amide bonds. The number of hydrogen-bond acceptors (Lipinski definition) is 10. The van der Waals surface area contributed by atoms with Gasteiger partial charge in [0.2, 0.25) is 0 Å². The molecule has 2 fully saturated rings. The largest absolute Gasteiger partial charge is 0.497 e. The van der Waals surface area contributed by atoms with Gasteiger partial charge in [-0.3, -0.25) is 29.0 Å². The third-order valence-corrected chi connectivity index (χ3v) is 8.65. The van der Waals surface area contributed by atoms with Crippen LogP contribution < -0.4 is 9.47 Å². The molecule has 224 valence electrons. The number of hydrogen-bond donors (Lipinski definition) is 2. The Balaban J connectivity index is 1.55. The first kappa shape index (κ1) is 31.4. The van der Waals surface area contributed by atoms with Crippen LogP contribution >= 0.6 is 23.5 Å². The Bertz CT molecular complexity index is 1550. The molecule has 2 N–H and O–H groups in total. The van der Waals surface area contributed by atoms with E-state index in [-0.39, 0.29) is 9.81 Å². The van der Waals surface area contributed by atoms with Crippen molar-refractivity contribution >= 4 is 69.9 Å². The summed E-state index contributed by atoms with van der Waals surface area (Å²) in [5.74, 6) is -3.67. The fourth-order valence-corrected chi connectivity index (χ4v) is 6.25. The second-order valence-electron chi connectivity index (χ2n) is 9.59. The Morgan fingerprint density at radius 2 is 1.28 bits per heavy atom. The van der Waals surface area contributed by atoms with Crippen LogP contribution in [-0.4, -0.2) is 80.0 Å². The van der Waals surface area contributed by atoms with Crippen LogP contribution in [0.2, 0.25) is 0 Å². The van der Waals surface area contributed by atoms with Crippen molar-refractivity contribution in [1.29, 1.82) is 0 Å². The number of carboxylic acids is 2. The number of carboxylic acid groups (broad SMARTS) is 2. The minimum Gasteiger partial charge on any atom is -0.497 e. The van der Waals surface area contributed by atoms with Crippen molar-refractivity contribution in [3.63, 3.8) is 0 Å². The summed E-state index contributed by atoms with van der Waals surface area (Å²) >= 11 is 1.10. The maximum Gasteiger partial charge on any atom is 0.329 e. The molecule has 12 nitrogen and oxygen atoms in total. The lowest BCUT2D eigenvalue weighted by Gasteiger charge is -2.34. The molecule has 2 aliphatic rings. The van der Waals surface area contributed by atoms with Gasteiger partial charge >= 0.3 is 11.9 Å². The standard InChI is InChI=1S/C29H26N2O10S2/c1-29(26(36)37,31-24(33)22(43-28(31)39)15-17-6-10-19(41-3)11-7-17)13-12-20(25(34)35)30-23(32)21(42-27(30)38)14-16-4-8-18(40-2)9-5-16/h4-11,14-15,20H,12-13H2,1-3H3,(H,34,35)(H,36,37)/b21-14-,22-15-/t20?,29-/m1/s1. The monoisotopic (exact) mass is 626 g/mol. The molecule has 2 aromatic carbocycles. The van der Waals surface area contributed by atoms with Crippen molar-refractivity contribution in [3.05, 3.63) is 69.5 Å². The highest BCUT2D eigenvalue weighted by Gasteiger charge is 2.52. The first-order chi connectivity index (χ1) is 20.4. The van der Waals surface area contributed by atoms with E-state index in [1.807, 2.05) is 0 Å². The molecule has 0 aliphatic carbocycles. The maximum atomic E-state index is 13.3. The van der Waals surface area contributed by atoms with Gasteiger partial charge in [-0.2, -0.15) is 0 Å². The van der Waals surface area contributed by atoms with Gasteiger partial charge < -0.3 is 19.7 Å². The zero-order valence-corrected chi connectivity index (χ0v) is 24.8. The van der Waals surface area contributed by atoms with E-state index in [2.05, 4.69) is 0 Å². The second kappa shape index (κ2) is 12.8. The van der Waals surface area contributed by atoms with Crippen LogP contribution in [0, 0.1) is 0 Å². The van der Waals surface area contributed by atoms with Crippen molar-refractivity contribution in [2.24, 2.45) is 0 Å². The van der Waals surface area contributed by atoms with Crippen LogP contribution in [0.15, 0.2) is 58.3 Å². The van der Waals surface area contributed by atoms with Crippen LogP contribution in [0.5, 0.6) is 11.5 Å². The molecular weight excluding hydrogens is 600 g/mol. The first-order valence-corrected chi connectivity index (χ1v) is 14.3. The lowest BCUT2D eigenvalue weighted by Crippen LogP contribution is -2.55. The van der Waals surface area contributed by atoms with Crippen molar-refractivity contribution in [2.45, 2.75) is 31.3 Å². The van der Waals surface area contributed by atoms with Crippen molar-refractivity contribution in [3.8, 4) is 11.5 Å². The Labute approximate surface area is 254 Å². The number of rotatable bonds is 11. The molecule has 2 heterocycles. The van der Waals surface area contributed by atoms with E-state index in [0.717, 1.165) is 6.92 Å².